The van der Waals surface area contributed by atoms with Crippen LogP contribution in [0.4, 0.5) is 0 Å². The predicted octanol–water partition coefficient (Wildman–Crippen LogP) is 5.31. The van der Waals surface area contributed by atoms with Crippen molar-refractivity contribution in [3.8, 4) is 5.75 Å². The van der Waals surface area contributed by atoms with Gasteiger partial charge in [-0.3, -0.25) is 0 Å². The summed E-state index contributed by atoms with van der Waals surface area (Å²) in [6, 6.07) is 16.9. The number of benzene rings is 2. The summed E-state index contributed by atoms with van der Waals surface area (Å²) in [4.78, 5) is 3.41. The second-order valence-electron chi connectivity index (χ2n) is 6.43. The van der Waals surface area contributed by atoms with Crippen LogP contribution < -0.4 is 4.74 Å². The highest BCUT2D eigenvalue weighted by Gasteiger charge is 2.23. The molecule has 2 heteroatoms. The molecule has 117 valence electrons. The molecule has 1 fully saturated rings. The van der Waals surface area contributed by atoms with Crippen LogP contribution in [0.2, 0.25) is 0 Å². The van der Waals surface area contributed by atoms with Gasteiger partial charge in [0, 0.05) is 23.0 Å². The molecule has 1 unspecified atom stereocenters. The normalized spacial score (nSPS) is 15.7. The molecule has 0 bridgehead atoms. The fraction of sp³-hybridized carbons (Fsp3) is 0.286. The minimum Gasteiger partial charge on any atom is -0.493 e. The van der Waals surface area contributed by atoms with Crippen molar-refractivity contribution < 1.29 is 4.74 Å². The van der Waals surface area contributed by atoms with E-state index in [9.17, 15) is 0 Å². The SMILES string of the molecule is [CH2]CC(c1ccccc1)c1c[nH]c2cccc(OCC3CC3)c12. The van der Waals surface area contributed by atoms with Crippen LogP contribution in [0.25, 0.3) is 10.9 Å². The minimum absolute atomic E-state index is 0.288. The van der Waals surface area contributed by atoms with E-state index in [1.165, 1.54) is 29.4 Å². The summed E-state index contributed by atoms with van der Waals surface area (Å²) in [5.74, 6) is 2.04. The molecule has 23 heavy (non-hydrogen) atoms. The van der Waals surface area contributed by atoms with Crippen LogP contribution in [-0.4, -0.2) is 11.6 Å². The summed E-state index contributed by atoms with van der Waals surface area (Å²) in [5.41, 5.74) is 3.73. The Morgan fingerprint density at radius 1 is 1.09 bits per heavy atom. The Bertz CT molecular complexity index is 786. The zero-order chi connectivity index (χ0) is 15.6. The molecular formula is C21H22NO. The summed E-state index contributed by atoms with van der Waals surface area (Å²) in [7, 11) is 0. The van der Waals surface area contributed by atoms with Crippen molar-refractivity contribution >= 4 is 10.9 Å². The highest BCUT2D eigenvalue weighted by atomic mass is 16.5. The number of hydrogen-bond acceptors (Lipinski definition) is 1. The summed E-state index contributed by atoms with van der Waals surface area (Å²) in [6.07, 6.45) is 5.56. The first-order valence-corrected chi connectivity index (χ1v) is 8.44. The summed E-state index contributed by atoms with van der Waals surface area (Å²) in [6.45, 7) is 5.02. The van der Waals surface area contributed by atoms with E-state index in [1.807, 2.05) is 0 Å². The number of H-pyrrole nitrogens is 1. The summed E-state index contributed by atoms with van der Waals surface area (Å²) < 4.78 is 6.13. The van der Waals surface area contributed by atoms with Crippen molar-refractivity contribution in [1.29, 1.82) is 0 Å². The largest absolute Gasteiger partial charge is 0.493 e. The van der Waals surface area contributed by atoms with Crippen LogP contribution in [0, 0.1) is 12.8 Å². The lowest BCUT2D eigenvalue weighted by Crippen LogP contribution is -2.02. The summed E-state index contributed by atoms with van der Waals surface area (Å²) >= 11 is 0. The molecule has 0 aliphatic heterocycles. The lowest BCUT2D eigenvalue weighted by Gasteiger charge is -2.16. The maximum atomic E-state index is 6.13. The second-order valence-corrected chi connectivity index (χ2v) is 6.43. The molecule has 1 aliphatic carbocycles. The second kappa shape index (κ2) is 6.11. The topological polar surface area (TPSA) is 25.0 Å². The Hall–Kier alpha value is -2.22. The Kier molecular flexibility index (Phi) is 3.82. The molecule has 1 saturated carbocycles. The molecule has 2 nitrogen and oxygen atoms in total. The van der Waals surface area contributed by atoms with E-state index in [0.717, 1.165) is 30.2 Å². The number of fused-ring (bicyclic) bond motifs is 1. The van der Waals surface area contributed by atoms with Crippen molar-refractivity contribution in [2.75, 3.05) is 6.61 Å². The van der Waals surface area contributed by atoms with Crippen LogP contribution in [0.15, 0.2) is 54.7 Å². The maximum absolute atomic E-state index is 6.13. The van der Waals surface area contributed by atoms with E-state index in [4.69, 9.17) is 4.74 Å². The molecule has 4 rings (SSSR count). The maximum Gasteiger partial charge on any atom is 0.128 e. The highest BCUT2D eigenvalue weighted by molar-refractivity contribution is 5.90. The van der Waals surface area contributed by atoms with E-state index < -0.39 is 0 Å². The van der Waals surface area contributed by atoms with Gasteiger partial charge in [0.2, 0.25) is 0 Å². The van der Waals surface area contributed by atoms with Crippen molar-refractivity contribution in [2.24, 2.45) is 5.92 Å². The van der Waals surface area contributed by atoms with Gasteiger partial charge in [-0.25, -0.2) is 0 Å². The van der Waals surface area contributed by atoms with Gasteiger partial charge in [0.25, 0.3) is 0 Å². The van der Waals surface area contributed by atoms with Crippen LogP contribution in [0.1, 0.15) is 36.3 Å². The molecule has 2 aromatic carbocycles. The highest BCUT2D eigenvalue weighted by Crippen LogP contribution is 2.38. The molecule has 1 atom stereocenters. The Labute approximate surface area is 137 Å². The molecule has 0 amide bonds. The Morgan fingerprint density at radius 2 is 1.91 bits per heavy atom. The molecule has 1 heterocycles. The molecule has 0 saturated heterocycles. The third-order valence-electron chi connectivity index (χ3n) is 4.74. The first-order chi connectivity index (χ1) is 11.4. The smallest absolute Gasteiger partial charge is 0.128 e. The fourth-order valence-electron chi connectivity index (χ4n) is 3.25. The third kappa shape index (κ3) is 2.86. The van der Waals surface area contributed by atoms with E-state index >= 15 is 0 Å². The number of aromatic amines is 1. The minimum atomic E-state index is 0.288. The third-order valence-corrected chi connectivity index (χ3v) is 4.74. The average molecular weight is 304 g/mol. The monoisotopic (exact) mass is 304 g/mol. The van der Waals surface area contributed by atoms with Gasteiger partial charge in [0.15, 0.2) is 0 Å². The van der Waals surface area contributed by atoms with Crippen LogP contribution in [-0.2, 0) is 0 Å². The van der Waals surface area contributed by atoms with Gasteiger partial charge in [-0.15, -0.1) is 0 Å². The number of rotatable bonds is 6. The number of ether oxygens (including phenoxy) is 1. The van der Waals surface area contributed by atoms with Crippen molar-refractivity contribution in [3.63, 3.8) is 0 Å². The number of nitrogens with one attached hydrogen (secondary N) is 1. The average Bonchev–Trinajstić information content (AvgIpc) is 3.34. The van der Waals surface area contributed by atoms with Gasteiger partial charge in [-0.05, 0) is 48.4 Å². The number of hydrogen-bond donors (Lipinski definition) is 1. The quantitative estimate of drug-likeness (QED) is 0.655. The predicted molar refractivity (Wildman–Crippen MR) is 94.8 cm³/mol. The first-order valence-electron chi connectivity index (χ1n) is 8.44. The fourth-order valence-corrected chi connectivity index (χ4v) is 3.25. The summed E-state index contributed by atoms with van der Waals surface area (Å²) in [5, 5.41) is 1.21. The molecule has 1 radical (unpaired) electrons. The van der Waals surface area contributed by atoms with Crippen LogP contribution >= 0.6 is 0 Å². The Balaban J connectivity index is 1.76. The molecule has 1 aromatic heterocycles. The van der Waals surface area contributed by atoms with E-state index in [2.05, 4.69) is 66.6 Å². The van der Waals surface area contributed by atoms with Gasteiger partial charge in [-0.1, -0.05) is 43.3 Å². The molecular weight excluding hydrogens is 282 g/mol. The molecule has 1 N–H and O–H groups in total. The van der Waals surface area contributed by atoms with Crippen LogP contribution in [0.5, 0.6) is 5.75 Å². The van der Waals surface area contributed by atoms with Gasteiger partial charge in [-0.2, -0.15) is 0 Å². The van der Waals surface area contributed by atoms with Gasteiger partial charge >= 0.3 is 0 Å². The van der Waals surface area contributed by atoms with Gasteiger partial charge < -0.3 is 9.72 Å². The zero-order valence-corrected chi connectivity index (χ0v) is 13.3. The molecule has 0 spiro atoms. The van der Waals surface area contributed by atoms with E-state index in [-0.39, 0.29) is 5.92 Å². The molecule has 1 aliphatic rings. The van der Waals surface area contributed by atoms with Gasteiger partial charge in [0.05, 0.1) is 6.61 Å². The van der Waals surface area contributed by atoms with Gasteiger partial charge in [0.1, 0.15) is 5.75 Å². The number of aromatic nitrogens is 1. The van der Waals surface area contributed by atoms with E-state index in [0.29, 0.717) is 0 Å². The lowest BCUT2D eigenvalue weighted by atomic mass is 9.89. The van der Waals surface area contributed by atoms with Crippen LogP contribution in [0.3, 0.4) is 0 Å². The lowest BCUT2D eigenvalue weighted by molar-refractivity contribution is 0.303. The van der Waals surface area contributed by atoms with Crippen molar-refractivity contribution in [1.82, 2.24) is 4.98 Å². The Morgan fingerprint density at radius 3 is 2.65 bits per heavy atom. The molecule has 3 aromatic rings. The van der Waals surface area contributed by atoms with E-state index in [1.54, 1.807) is 0 Å². The first kappa shape index (κ1) is 14.4. The van der Waals surface area contributed by atoms with Crippen molar-refractivity contribution in [3.05, 3.63) is 72.8 Å². The standard InChI is InChI=1S/C21H22NO/c1-2-17(16-7-4-3-5-8-16)18-13-22-19-9-6-10-20(21(18)19)23-14-15-11-12-15/h3-10,13,15,17,22H,1-2,11-12,14H2. The zero-order valence-electron chi connectivity index (χ0n) is 13.3. The van der Waals surface area contributed by atoms with Crippen molar-refractivity contribution in [2.45, 2.75) is 25.2 Å².